The number of carbonyl (C=O) groups excluding carboxylic acids is 1. The van der Waals surface area contributed by atoms with Gasteiger partial charge in [0, 0.05) is 11.3 Å². The summed E-state index contributed by atoms with van der Waals surface area (Å²) in [5.41, 5.74) is 9.55. The van der Waals surface area contributed by atoms with Crippen LogP contribution in [-0.2, 0) is 6.42 Å². The summed E-state index contributed by atoms with van der Waals surface area (Å²) in [6.07, 6.45) is 2.08. The van der Waals surface area contributed by atoms with Crippen LogP contribution in [0.15, 0.2) is 48.5 Å². The first-order valence-electron chi connectivity index (χ1n) is 6.48. The van der Waals surface area contributed by atoms with Crippen molar-refractivity contribution in [3.05, 3.63) is 65.2 Å². The third-order valence-corrected chi connectivity index (χ3v) is 3.62. The molecule has 0 saturated heterocycles. The van der Waals surface area contributed by atoms with Crippen molar-refractivity contribution in [2.75, 3.05) is 5.32 Å². The van der Waals surface area contributed by atoms with Crippen LogP contribution in [-0.4, -0.2) is 5.91 Å². The molecule has 0 aromatic heterocycles. The topological polar surface area (TPSA) is 55.1 Å². The molecule has 0 saturated carbocycles. The predicted octanol–water partition coefficient (Wildman–Crippen LogP) is 2.88. The maximum absolute atomic E-state index is 11.2. The third kappa shape index (κ3) is 2.32. The van der Waals surface area contributed by atoms with E-state index in [1.165, 1.54) is 11.3 Å². The predicted molar refractivity (Wildman–Crippen MR) is 76.1 cm³/mol. The second kappa shape index (κ2) is 4.76. The number of aryl methyl sites for hydroxylation is 1. The van der Waals surface area contributed by atoms with Gasteiger partial charge in [-0.3, -0.25) is 4.79 Å². The SMILES string of the molecule is NC(=O)c1cccc(C2CCc3ccccc3N2)c1. The fourth-order valence-corrected chi connectivity index (χ4v) is 2.60. The second-order valence-electron chi connectivity index (χ2n) is 4.88. The zero-order chi connectivity index (χ0) is 13.2. The molecule has 3 heteroatoms. The highest BCUT2D eigenvalue weighted by molar-refractivity contribution is 5.92. The van der Waals surface area contributed by atoms with Crippen LogP contribution in [0.25, 0.3) is 0 Å². The number of anilines is 1. The van der Waals surface area contributed by atoms with Crippen molar-refractivity contribution in [2.45, 2.75) is 18.9 Å². The number of nitrogens with two attached hydrogens (primary N) is 1. The fourth-order valence-electron chi connectivity index (χ4n) is 2.60. The van der Waals surface area contributed by atoms with Crippen LogP contribution >= 0.6 is 0 Å². The summed E-state index contributed by atoms with van der Waals surface area (Å²) in [5.74, 6) is -0.377. The molecule has 1 unspecified atom stereocenters. The fraction of sp³-hybridized carbons (Fsp3) is 0.188. The molecule has 1 heterocycles. The summed E-state index contributed by atoms with van der Waals surface area (Å²) in [5, 5.41) is 3.53. The molecule has 0 fully saturated rings. The Morgan fingerprint density at radius 1 is 1.16 bits per heavy atom. The molecule has 1 atom stereocenters. The van der Waals surface area contributed by atoms with Gasteiger partial charge in [0.2, 0.25) is 5.91 Å². The molecule has 3 nitrogen and oxygen atoms in total. The average molecular weight is 252 g/mol. The number of fused-ring (bicyclic) bond motifs is 1. The molecular weight excluding hydrogens is 236 g/mol. The summed E-state index contributed by atoms with van der Waals surface area (Å²) in [4.78, 5) is 11.2. The number of rotatable bonds is 2. The number of para-hydroxylation sites is 1. The van der Waals surface area contributed by atoms with Crippen LogP contribution < -0.4 is 11.1 Å². The molecule has 3 rings (SSSR count). The lowest BCUT2D eigenvalue weighted by Crippen LogP contribution is -2.19. The lowest BCUT2D eigenvalue weighted by atomic mass is 9.92. The number of amides is 1. The molecule has 1 aliphatic rings. The lowest BCUT2D eigenvalue weighted by Gasteiger charge is -2.27. The van der Waals surface area contributed by atoms with Crippen molar-refractivity contribution in [2.24, 2.45) is 5.73 Å². The van der Waals surface area contributed by atoms with Gasteiger partial charge in [-0.1, -0.05) is 30.3 Å². The molecular formula is C16H16N2O. The number of carbonyl (C=O) groups is 1. The van der Waals surface area contributed by atoms with Gasteiger partial charge in [-0.15, -0.1) is 0 Å². The van der Waals surface area contributed by atoms with Crippen LogP contribution in [0.1, 0.15) is 33.9 Å². The lowest BCUT2D eigenvalue weighted by molar-refractivity contribution is 0.1000. The van der Waals surface area contributed by atoms with Gasteiger partial charge in [0.05, 0.1) is 6.04 Å². The summed E-state index contributed by atoms with van der Waals surface area (Å²) in [6, 6.07) is 16.2. The zero-order valence-electron chi connectivity index (χ0n) is 10.6. The first-order valence-corrected chi connectivity index (χ1v) is 6.48. The average Bonchev–Trinajstić information content (AvgIpc) is 2.47. The minimum Gasteiger partial charge on any atom is -0.378 e. The minimum atomic E-state index is -0.377. The highest BCUT2D eigenvalue weighted by Gasteiger charge is 2.19. The van der Waals surface area contributed by atoms with Gasteiger partial charge in [0.15, 0.2) is 0 Å². The number of hydrogen-bond acceptors (Lipinski definition) is 2. The molecule has 0 bridgehead atoms. The minimum absolute atomic E-state index is 0.245. The molecule has 0 spiro atoms. The van der Waals surface area contributed by atoms with Crippen LogP contribution in [0.3, 0.4) is 0 Å². The maximum atomic E-state index is 11.2. The van der Waals surface area contributed by atoms with E-state index < -0.39 is 0 Å². The van der Waals surface area contributed by atoms with Crippen LogP contribution in [0.4, 0.5) is 5.69 Å². The smallest absolute Gasteiger partial charge is 0.248 e. The van der Waals surface area contributed by atoms with Crippen molar-refractivity contribution >= 4 is 11.6 Å². The summed E-state index contributed by atoms with van der Waals surface area (Å²) < 4.78 is 0. The van der Waals surface area contributed by atoms with E-state index in [0.717, 1.165) is 18.4 Å². The Morgan fingerprint density at radius 2 is 2.00 bits per heavy atom. The van der Waals surface area contributed by atoms with Gasteiger partial charge in [0.25, 0.3) is 0 Å². The molecule has 3 N–H and O–H groups in total. The van der Waals surface area contributed by atoms with E-state index >= 15 is 0 Å². The van der Waals surface area contributed by atoms with E-state index in [9.17, 15) is 4.79 Å². The van der Waals surface area contributed by atoms with Gasteiger partial charge in [-0.05, 0) is 42.2 Å². The molecule has 0 aliphatic carbocycles. The Labute approximate surface area is 112 Å². The quantitative estimate of drug-likeness (QED) is 0.863. The Balaban J connectivity index is 1.89. The van der Waals surface area contributed by atoms with E-state index in [2.05, 4.69) is 23.5 Å². The number of hydrogen-bond donors (Lipinski definition) is 2. The monoisotopic (exact) mass is 252 g/mol. The van der Waals surface area contributed by atoms with Crippen LogP contribution in [0.2, 0.25) is 0 Å². The highest BCUT2D eigenvalue weighted by atomic mass is 16.1. The first kappa shape index (κ1) is 11.8. The third-order valence-electron chi connectivity index (χ3n) is 3.62. The van der Waals surface area contributed by atoms with Gasteiger partial charge in [0.1, 0.15) is 0 Å². The van der Waals surface area contributed by atoms with Gasteiger partial charge >= 0.3 is 0 Å². The standard InChI is InChI=1S/C16H16N2O/c17-16(19)13-6-3-5-12(10-13)15-9-8-11-4-1-2-7-14(11)18-15/h1-7,10,15,18H,8-9H2,(H2,17,19). The Morgan fingerprint density at radius 3 is 2.84 bits per heavy atom. The van der Waals surface area contributed by atoms with Crippen molar-refractivity contribution in [1.82, 2.24) is 0 Å². The number of nitrogens with one attached hydrogen (secondary N) is 1. The van der Waals surface area contributed by atoms with Crippen LogP contribution in [0.5, 0.6) is 0 Å². The Bertz CT molecular complexity index is 622. The van der Waals surface area contributed by atoms with E-state index in [-0.39, 0.29) is 11.9 Å². The molecule has 0 radical (unpaired) electrons. The Hall–Kier alpha value is -2.29. The maximum Gasteiger partial charge on any atom is 0.248 e. The van der Waals surface area contributed by atoms with E-state index in [1.807, 2.05) is 24.3 Å². The molecule has 1 amide bonds. The largest absolute Gasteiger partial charge is 0.378 e. The van der Waals surface area contributed by atoms with E-state index in [1.54, 1.807) is 6.07 Å². The molecule has 96 valence electrons. The Kier molecular flexibility index (Phi) is 2.95. The number of primary amides is 1. The van der Waals surface area contributed by atoms with Crippen molar-refractivity contribution in [1.29, 1.82) is 0 Å². The van der Waals surface area contributed by atoms with Crippen molar-refractivity contribution in [3.8, 4) is 0 Å². The van der Waals surface area contributed by atoms with Crippen molar-refractivity contribution in [3.63, 3.8) is 0 Å². The van der Waals surface area contributed by atoms with Crippen LogP contribution in [0, 0.1) is 0 Å². The van der Waals surface area contributed by atoms with Crippen molar-refractivity contribution < 1.29 is 4.79 Å². The van der Waals surface area contributed by atoms with Gasteiger partial charge < -0.3 is 11.1 Å². The van der Waals surface area contributed by atoms with E-state index in [4.69, 9.17) is 5.73 Å². The first-order chi connectivity index (χ1) is 9.24. The number of benzene rings is 2. The zero-order valence-corrected chi connectivity index (χ0v) is 10.6. The molecule has 2 aromatic carbocycles. The molecule has 19 heavy (non-hydrogen) atoms. The molecule has 2 aromatic rings. The van der Waals surface area contributed by atoms with Gasteiger partial charge in [-0.25, -0.2) is 0 Å². The highest BCUT2D eigenvalue weighted by Crippen LogP contribution is 2.32. The summed E-state index contributed by atoms with van der Waals surface area (Å²) in [6.45, 7) is 0. The normalized spacial score (nSPS) is 17.4. The molecule has 1 aliphatic heterocycles. The van der Waals surface area contributed by atoms with E-state index in [0.29, 0.717) is 5.56 Å². The summed E-state index contributed by atoms with van der Waals surface area (Å²) >= 11 is 0. The second-order valence-corrected chi connectivity index (χ2v) is 4.88. The summed E-state index contributed by atoms with van der Waals surface area (Å²) in [7, 11) is 0. The van der Waals surface area contributed by atoms with Gasteiger partial charge in [-0.2, -0.15) is 0 Å².